The van der Waals surface area contributed by atoms with Crippen LogP contribution in [-0.4, -0.2) is 26.5 Å². The van der Waals surface area contributed by atoms with E-state index in [1.54, 1.807) is 28.8 Å². The first-order chi connectivity index (χ1) is 14.7. The van der Waals surface area contributed by atoms with E-state index < -0.39 is 0 Å². The molecule has 0 bridgehead atoms. The fourth-order valence-corrected chi connectivity index (χ4v) is 3.48. The number of rotatable bonds is 8. The number of halogens is 1. The smallest absolute Gasteiger partial charge is 0.322 e. The maximum atomic E-state index is 10.4. The van der Waals surface area contributed by atoms with Crippen LogP contribution in [0, 0.1) is 0 Å². The van der Waals surface area contributed by atoms with Gasteiger partial charge in [0.25, 0.3) is 0 Å². The van der Waals surface area contributed by atoms with Gasteiger partial charge in [-0.05, 0) is 49.1 Å². The zero-order valence-corrected chi connectivity index (χ0v) is 17.2. The largest absolute Gasteiger partial charge is 0.506 e. The second-order valence-electron chi connectivity index (χ2n) is 6.93. The molecule has 152 valence electrons. The Morgan fingerprint density at radius 1 is 0.867 bits per heavy atom. The number of aromatic nitrogens is 3. The molecule has 4 rings (SSSR count). The molecule has 5 nitrogen and oxygen atoms in total. The highest BCUT2D eigenvalue weighted by Crippen LogP contribution is 2.32. The molecule has 4 aromatic rings. The highest BCUT2D eigenvalue weighted by molar-refractivity contribution is 6.30. The van der Waals surface area contributed by atoms with E-state index >= 15 is 0 Å². The number of unbranched alkanes of at least 4 members (excludes halogenated alkanes) is 1. The standard InChI is InChI=1S/C24H22ClN3O2/c25-20-13-8-12-19(17-20)23-26-27-24(28(23)21-14-4-5-15-22(21)29)30-16-7-6-11-18-9-2-1-3-10-18/h1-5,8-10,12-15,17,29H,6-7,11,16H2. The quantitative estimate of drug-likeness (QED) is 0.372. The van der Waals surface area contributed by atoms with Crippen molar-refractivity contribution in [1.29, 1.82) is 0 Å². The number of aryl methyl sites for hydroxylation is 1. The van der Waals surface area contributed by atoms with Gasteiger partial charge in [0.05, 0.1) is 12.3 Å². The number of phenolic OH excluding ortho intramolecular Hbond substituents is 1. The summed E-state index contributed by atoms with van der Waals surface area (Å²) < 4.78 is 7.68. The van der Waals surface area contributed by atoms with E-state index in [2.05, 4.69) is 34.5 Å². The summed E-state index contributed by atoms with van der Waals surface area (Å²) in [6.07, 6.45) is 2.90. The third-order valence-electron chi connectivity index (χ3n) is 4.77. The molecule has 3 aromatic carbocycles. The molecule has 1 N–H and O–H groups in total. The number of hydrogen-bond acceptors (Lipinski definition) is 4. The second kappa shape index (κ2) is 9.46. The Bertz CT molecular complexity index is 1110. The van der Waals surface area contributed by atoms with Crippen molar-refractivity contribution < 1.29 is 9.84 Å². The van der Waals surface area contributed by atoms with Gasteiger partial charge in [-0.1, -0.05) is 71.3 Å². The average molecular weight is 420 g/mol. The third kappa shape index (κ3) is 4.63. The number of para-hydroxylation sites is 2. The minimum absolute atomic E-state index is 0.120. The van der Waals surface area contributed by atoms with Gasteiger partial charge in [-0.25, -0.2) is 4.57 Å². The minimum atomic E-state index is 0.120. The zero-order chi connectivity index (χ0) is 20.8. The lowest BCUT2D eigenvalue weighted by Crippen LogP contribution is -2.06. The topological polar surface area (TPSA) is 60.2 Å². The van der Waals surface area contributed by atoms with Crippen molar-refractivity contribution in [3.63, 3.8) is 0 Å². The fourth-order valence-electron chi connectivity index (χ4n) is 3.29. The Hall–Kier alpha value is -3.31. The average Bonchev–Trinajstić information content (AvgIpc) is 3.18. The molecule has 0 amide bonds. The third-order valence-corrected chi connectivity index (χ3v) is 5.01. The molecule has 0 saturated heterocycles. The maximum absolute atomic E-state index is 10.4. The molecule has 1 aromatic heterocycles. The first-order valence-electron chi connectivity index (χ1n) is 9.89. The number of benzene rings is 3. The van der Waals surface area contributed by atoms with E-state index in [4.69, 9.17) is 16.3 Å². The predicted octanol–water partition coefficient (Wildman–Crippen LogP) is 5.70. The molecular formula is C24H22ClN3O2. The van der Waals surface area contributed by atoms with Gasteiger partial charge < -0.3 is 9.84 Å². The first-order valence-corrected chi connectivity index (χ1v) is 10.3. The predicted molar refractivity (Wildman–Crippen MR) is 118 cm³/mol. The van der Waals surface area contributed by atoms with Crippen LogP contribution < -0.4 is 4.74 Å². The molecule has 0 atom stereocenters. The van der Waals surface area contributed by atoms with Gasteiger partial charge in [-0.2, -0.15) is 0 Å². The molecule has 6 heteroatoms. The van der Waals surface area contributed by atoms with Gasteiger partial charge in [0.15, 0.2) is 5.82 Å². The number of nitrogens with zero attached hydrogens (tertiary/aromatic N) is 3. The van der Waals surface area contributed by atoms with E-state index in [1.165, 1.54) is 5.56 Å². The van der Waals surface area contributed by atoms with Crippen molar-refractivity contribution in [3.8, 4) is 28.8 Å². The monoisotopic (exact) mass is 419 g/mol. The number of hydrogen-bond donors (Lipinski definition) is 1. The van der Waals surface area contributed by atoms with Crippen LogP contribution in [0.3, 0.4) is 0 Å². The Kier molecular flexibility index (Phi) is 6.30. The van der Waals surface area contributed by atoms with Crippen molar-refractivity contribution in [2.45, 2.75) is 19.3 Å². The molecule has 1 heterocycles. The fraction of sp³-hybridized carbons (Fsp3) is 0.167. The highest BCUT2D eigenvalue weighted by Gasteiger charge is 2.19. The van der Waals surface area contributed by atoms with E-state index in [0.29, 0.717) is 29.2 Å². The normalized spacial score (nSPS) is 10.8. The summed E-state index contributed by atoms with van der Waals surface area (Å²) in [5.74, 6) is 0.674. The molecule has 30 heavy (non-hydrogen) atoms. The van der Waals surface area contributed by atoms with E-state index in [-0.39, 0.29) is 5.75 Å². The van der Waals surface area contributed by atoms with Gasteiger partial charge >= 0.3 is 6.01 Å². The molecule has 0 saturated carbocycles. The van der Waals surface area contributed by atoms with Crippen LogP contribution in [0.1, 0.15) is 18.4 Å². The highest BCUT2D eigenvalue weighted by atomic mass is 35.5. The second-order valence-corrected chi connectivity index (χ2v) is 7.37. The van der Waals surface area contributed by atoms with Crippen LogP contribution in [0.4, 0.5) is 0 Å². The molecule has 0 aliphatic carbocycles. The van der Waals surface area contributed by atoms with Gasteiger partial charge in [-0.3, -0.25) is 0 Å². The Morgan fingerprint density at radius 3 is 2.47 bits per heavy atom. The summed E-state index contributed by atoms with van der Waals surface area (Å²) in [4.78, 5) is 0. The number of phenols is 1. The molecule has 0 unspecified atom stereocenters. The van der Waals surface area contributed by atoms with E-state index in [9.17, 15) is 5.11 Å². The number of aromatic hydroxyl groups is 1. The van der Waals surface area contributed by atoms with Crippen molar-refractivity contribution >= 4 is 11.6 Å². The van der Waals surface area contributed by atoms with Crippen LogP contribution >= 0.6 is 11.6 Å². The Balaban J connectivity index is 1.53. The summed E-state index contributed by atoms with van der Waals surface area (Å²) in [6.45, 7) is 0.508. The summed E-state index contributed by atoms with van der Waals surface area (Å²) in [5.41, 5.74) is 2.66. The zero-order valence-electron chi connectivity index (χ0n) is 16.4. The molecule has 0 aliphatic heterocycles. The van der Waals surface area contributed by atoms with Crippen LogP contribution in [0.5, 0.6) is 11.8 Å². The first kappa shape index (κ1) is 20.0. The van der Waals surface area contributed by atoms with Crippen molar-refractivity contribution in [1.82, 2.24) is 14.8 Å². The summed E-state index contributed by atoms with van der Waals surface area (Å²) in [6, 6.07) is 25.1. The molecule has 0 fully saturated rings. The lowest BCUT2D eigenvalue weighted by molar-refractivity contribution is 0.277. The molecule has 0 spiro atoms. The molecule has 0 radical (unpaired) electrons. The SMILES string of the molecule is Oc1ccccc1-n1c(OCCCCc2ccccc2)nnc1-c1cccc(Cl)c1. The van der Waals surface area contributed by atoms with Crippen LogP contribution in [-0.2, 0) is 6.42 Å². The van der Waals surface area contributed by atoms with E-state index in [1.807, 2.05) is 30.3 Å². The summed E-state index contributed by atoms with van der Waals surface area (Å²) in [5, 5.41) is 19.6. The van der Waals surface area contributed by atoms with Crippen molar-refractivity contribution in [3.05, 3.63) is 89.4 Å². The Labute approximate surface area is 180 Å². The maximum Gasteiger partial charge on any atom is 0.322 e. The molecule has 0 aliphatic rings. The van der Waals surface area contributed by atoms with Gasteiger partial charge in [0.2, 0.25) is 0 Å². The van der Waals surface area contributed by atoms with Crippen molar-refractivity contribution in [2.75, 3.05) is 6.61 Å². The van der Waals surface area contributed by atoms with Gasteiger partial charge in [-0.15, -0.1) is 5.10 Å². The van der Waals surface area contributed by atoms with Gasteiger partial charge in [0.1, 0.15) is 5.75 Å². The van der Waals surface area contributed by atoms with Crippen LogP contribution in [0.25, 0.3) is 17.1 Å². The van der Waals surface area contributed by atoms with Crippen LogP contribution in [0.2, 0.25) is 5.02 Å². The van der Waals surface area contributed by atoms with Crippen LogP contribution in [0.15, 0.2) is 78.9 Å². The van der Waals surface area contributed by atoms with E-state index in [0.717, 1.165) is 24.8 Å². The summed E-state index contributed by atoms with van der Waals surface area (Å²) in [7, 11) is 0. The Morgan fingerprint density at radius 2 is 1.67 bits per heavy atom. The van der Waals surface area contributed by atoms with Gasteiger partial charge in [0, 0.05) is 10.6 Å². The minimum Gasteiger partial charge on any atom is -0.506 e. The lowest BCUT2D eigenvalue weighted by atomic mass is 10.1. The summed E-state index contributed by atoms with van der Waals surface area (Å²) >= 11 is 6.16. The lowest BCUT2D eigenvalue weighted by Gasteiger charge is -2.12. The molecular weight excluding hydrogens is 398 g/mol. The number of ether oxygens (including phenoxy) is 1. The van der Waals surface area contributed by atoms with Crippen molar-refractivity contribution in [2.24, 2.45) is 0 Å².